The van der Waals surface area contributed by atoms with E-state index in [4.69, 9.17) is 5.11 Å². The first-order chi connectivity index (χ1) is 8.41. The number of hydrogen-bond donors (Lipinski definition) is 3. The maximum absolute atomic E-state index is 13.1. The maximum Gasteiger partial charge on any atom is 0.343 e. The van der Waals surface area contributed by atoms with Crippen LogP contribution in [0.2, 0.25) is 0 Å². The molecule has 9 heteroatoms. The quantitative estimate of drug-likeness (QED) is 0.564. The highest BCUT2D eigenvalue weighted by molar-refractivity contribution is 5.88. The van der Waals surface area contributed by atoms with E-state index in [9.17, 15) is 22.8 Å². The summed E-state index contributed by atoms with van der Waals surface area (Å²) in [5, 5.41) is 9.98. The molecule has 0 bridgehead atoms. The van der Waals surface area contributed by atoms with Gasteiger partial charge >= 0.3 is 12.0 Å². The topological polar surface area (TPSA) is 87.7 Å². The van der Waals surface area contributed by atoms with Gasteiger partial charge in [-0.1, -0.05) is 0 Å². The molecule has 0 aliphatic rings. The number of carboxylic acids is 1. The number of rotatable bonds is 4. The summed E-state index contributed by atoms with van der Waals surface area (Å²) in [7, 11) is 0. The second-order valence-corrected chi connectivity index (χ2v) is 2.96. The van der Waals surface area contributed by atoms with E-state index in [0.29, 0.717) is 6.07 Å². The van der Waals surface area contributed by atoms with Gasteiger partial charge in [0.05, 0.1) is 5.69 Å². The summed E-state index contributed by atoms with van der Waals surface area (Å²) in [6, 6.07) is 0.276. The summed E-state index contributed by atoms with van der Waals surface area (Å²) in [4.78, 5) is 25.2. The molecule has 0 aliphatic carbocycles. The van der Waals surface area contributed by atoms with Crippen LogP contribution in [0.25, 0.3) is 0 Å². The molecule has 0 heterocycles. The molecule has 0 aromatic heterocycles. The van der Waals surface area contributed by atoms with Crippen LogP contribution in [-0.2, 0) is 9.63 Å². The van der Waals surface area contributed by atoms with Crippen LogP contribution in [0, 0.1) is 17.5 Å². The van der Waals surface area contributed by atoms with Gasteiger partial charge in [0.25, 0.3) is 0 Å². The van der Waals surface area contributed by atoms with Crippen molar-refractivity contribution in [3.05, 3.63) is 29.6 Å². The van der Waals surface area contributed by atoms with Crippen molar-refractivity contribution in [3.8, 4) is 0 Å². The van der Waals surface area contributed by atoms with Gasteiger partial charge in [0, 0.05) is 0 Å². The van der Waals surface area contributed by atoms with E-state index in [1.165, 1.54) is 0 Å². The maximum atomic E-state index is 13.1. The fourth-order valence-corrected chi connectivity index (χ4v) is 0.934. The van der Waals surface area contributed by atoms with Crippen molar-refractivity contribution in [1.29, 1.82) is 0 Å². The van der Waals surface area contributed by atoms with E-state index < -0.39 is 41.7 Å². The van der Waals surface area contributed by atoms with Gasteiger partial charge in [-0.2, -0.15) is 0 Å². The van der Waals surface area contributed by atoms with Gasteiger partial charge in [-0.15, -0.1) is 0 Å². The highest BCUT2D eigenvalue weighted by atomic mass is 19.2. The van der Waals surface area contributed by atoms with E-state index in [1.54, 1.807) is 10.8 Å². The van der Waals surface area contributed by atoms with Crippen molar-refractivity contribution in [2.45, 2.75) is 0 Å². The number of carbonyl (C=O) groups is 2. The Morgan fingerprint density at radius 3 is 2.50 bits per heavy atom. The van der Waals surface area contributed by atoms with Gasteiger partial charge in [0.2, 0.25) is 0 Å². The van der Waals surface area contributed by atoms with E-state index >= 15 is 0 Å². The minimum absolute atomic E-state index is 0.617. The van der Waals surface area contributed by atoms with Crippen LogP contribution in [0.15, 0.2) is 12.1 Å². The molecule has 0 saturated heterocycles. The fraction of sp³-hybridized carbons (Fsp3) is 0.111. The van der Waals surface area contributed by atoms with Gasteiger partial charge < -0.3 is 10.4 Å². The second kappa shape index (κ2) is 5.87. The lowest BCUT2D eigenvalue weighted by atomic mass is 10.3. The first-order valence-electron chi connectivity index (χ1n) is 4.46. The number of hydroxylamine groups is 1. The van der Waals surface area contributed by atoms with Crippen LogP contribution in [-0.4, -0.2) is 23.7 Å². The number of nitrogens with one attached hydrogen (secondary N) is 2. The highest BCUT2D eigenvalue weighted by Gasteiger charge is 2.15. The molecule has 1 aromatic rings. The molecule has 98 valence electrons. The van der Waals surface area contributed by atoms with Gasteiger partial charge in [-0.05, 0) is 12.1 Å². The zero-order chi connectivity index (χ0) is 13.7. The molecule has 1 aromatic carbocycles. The Balaban J connectivity index is 2.60. The predicted molar refractivity (Wildman–Crippen MR) is 52.1 cm³/mol. The molecule has 0 spiro atoms. The Labute approximate surface area is 98.3 Å². The van der Waals surface area contributed by atoms with Crippen molar-refractivity contribution in [2.24, 2.45) is 0 Å². The minimum Gasteiger partial charge on any atom is -0.479 e. The highest BCUT2D eigenvalue weighted by Crippen LogP contribution is 2.19. The number of anilines is 1. The number of amides is 2. The Hall–Kier alpha value is -2.29. The minimum atomic E-state index is -1.74. The van der Waals surface area contributed by atoms with Crippen molar-refractivity contribution >= 4 is 17.7 Å². The lowest BCUT2D eigenvalue weighted by Crippen LogP contribution is -2.31. The smallest absolute Gasteiger partial charge is 0.343 e. The molecule has 0 atom stereocenters. The SMILES string of the molecule is O=C(O)CONC(=O)Nc1ccc(F)c(F)c1F. The Kier molecular flexibility index (Phi) is 4.49. The number of urea groups is 1. The molecule has 2 amide bonds. The third-order valence-corrected chi connectivity index (χ3v) is 1.64. The van der Waals surface area contributed by atoms with E-state index in [2.05, 4.69) is 4.84 Å². The summed E-state index contributed by atoms with van der Waals surface area (Å²) >= 11 is 0. The number of aliphatic carboxylic acids is 1. The molecule has 0 fully saturated rings. The standard InChI is InChI=1S/C9H7F3N2O4/c10-4-1-2-5(8(12)7(4)11)13-9(17)14-18-3-6(15)16/h1-2H,3H2,(H,15,16)(H2,13,14,17). The zero-order valence-corrected chi connectivity index (χ0v) is 8.67. The van der Waals surface area contributed by atoms with Crippen molar-refractivity contribution in [2.75, 3.05) is 11.9 Å². The first kappa shape index (κ1) is 13.8. The Morgan fingerprint density at radius 1 is 1.22 bits per heavy atom. The van der Waals surface area contributed by atoms with Gasteiger partial charge in [0.15, 0.2) is 24.1 Å². The second-order valence-electron chi connectivity index (χ2n) is 2.96. The third kappa shape index (κ3) is 3.63. The number of halogens is 3. The molecule has 0 aliphatic heterocycles. The average Bonchev–Trinajstić information content (AvgIpc) is 2.29. The van der Waals surface area contributed by atoms with E-state index in [-0.39, 0.29) is 0 Å². The van der Waals surface area contributed by atoms with Crippen LogP contribution in [0.3, 0.4) is 0 Å². The van der Waals surface area contributed by atoms with Gasteiger partial charge in [-0.3, -0.25) is 4.84 Å². The summed E-state index contributed by atoms with van der Waals surface area (Å²) in [6.07, 6.45) is 0. The van der Waals surface area contributed by atoms with E-state index in [1.807, 2.05) is 0 Å². The average molecular weight is 264 g/mol. The molecular weight excluding hydrogens is 257 g/mol. The van der Waals surface area contributed by atoms with Crippen molar-refractivity contribution in [3.63, 3.8) is 0 Å². The Morgan fingerprint density at radius 2 is 1.89 bits per heavy atom. The summed E-state index contributed by atoms with van der Waals surface area (Å²) in [6.45, 7) is -0.812. The molecule has 0 saturated carbocycles. The molecule has 6 nitrogen and oxygen atoms in total. The zero-order valence-electron chi connectivity index (χ0n) is 8.67. The lowest BCUT2D eigenvalue weighted by molar-refractivity contribution is -0.143. The lowest BCUT2D eigenvalue weighted by Gasteiger charge is -2.08. The monoisotopic (exact) mass is 264 g/mol. The molecule has 3 N–H and O–H groups in total. The summed E-state index contributed by atoms with van der Waals surface area (Å²) in [5.41, 5.74) is 0.990. The number of hydrogen-bond acceptors (Lipinski definition) is 3. The largest absolute Gasteiger partial charge is 0.479 e. The molecule has 18 heavy (non-hydrogen) atoms. The van der Waals surface area contributed by atoms with Crippen LogP contribution < -0.4 is 10.8 Å². The number of carbonyl (C=O) groups excluding carboxylic acids is 1. The fourth-order valence-electron chi connectivity index (χ4n) is 0.934. The summed E-state index contributed by atoms with van der Waals surface area (Å²) < 4.78 is 38.4. The predicted octanol–water partition coefficient (Wildman–Crippen LogP) is 1.24. The van der Waals surface area contributed by atoms with Crippen LogP contribution in [0.1, 0.15) is 0 Å². The Bertz CT molecular complexity index is 481. The summed E-state index contributed by atoms with van der Waals surface area (Å²) in [5.74, 6) is -6.06. The molecule has 1 rings (SSSR count). The first-order valence-corrected chi connectivity index (χ1v) is 4.46. The molecule has 0 unspecified atom stereocenters. The van der Waals surface area contributed by atoms with Crippen LogP contribution in [0.4, 0.5) is 23.7 Å². The number of carboxylic acid groups (broad SMARTS) is 1. The molecule has 0 radical (unpaired) electrons. The third-order valence-electron chi connectivity index (χ3n) is 1.64. The van der Waals surface area contributed by atoms with Crippen molar-refractivity contribution in [1.82, 2.24) is 5.48 Å². The van der Waals surface area contributed by atoms with E-state index in [0.717, 1.165) is 6.07 Å². The number of benzene rings is 1. The van der Waals surface area contributed by atoms with Gasteiger partial charge in [-0.25, -0.2) is 28.2 Å². The van der Waals surface area contributed by atoms with Crippen molar-refractivity contribution < 1.29 is 32.7 Å². The van der Waals surface area contributed by atoms with Crippen LogP contribution >= 0.6 is 0 Å². The van der Waals surface area contributed by atoms with Gasteiger partial charge in [0.1, 0.15) is 0 Å². The normalized spacial score (nSPS) is 9.94. The molecular formula is C9H7F3N2O4. The van der Waals surface area contributed by atoms with Crippen LogP contribution in [0.5, 0.6) is 0 Å².